The fourth-order valence-electron chi connectivity index (χ4n) is 2.81. The molecule has 90 valence electrons. The van der Waals surface area contributed by atoms with Crippen LogP contribution in [-0.4, -0.2) is 7.11 Å². The van der Waals surface area contributed by atoms with Gasteiger partial charge in [-0.3, -0.25) is 0 Å². The quantitative estimate of drug-likeness (QED) is 0.758. The summed E-state index contributed by atoms with van der Waals surface area (Å²) in [7, 11) is 1.69. The third-order valence-corrected chi connectivity index (χ3v) is 3.75. The van der Waals surface area contributed by atoms with Crippen molar-refractivity contribution in [2.45, 2.75) is 38.0 Å². The van der Waals surface area contributed by atoms with Gasteiger partial charge in [0.15, 0.2) is 11.3 Å². The summed E-state index contributed by atoms with van der Waals surface area (Å²) < 4.78 is 11.3. The number of hydrogen-bond acceptors (Lipinski definition) is 2. The lowest BCUT2D eigenvalue weighted by atomic mass is 9.87. The van der Waals surface area contributed by atoms with E-state index in [1.807, 2.05) is 12.1 Å². The average molecular weight is 230 g/mol. The molecule has 2 nitrogen and oxygen atoms in total. The predicted octanol–water partition coefficient (Wildman–Crippen LogP) is 4.49. The Hall–Kier alpha value is -1.44. The van der Waals surface area contributed by atoms with Gasteiger partial charge in [0.1, 0.15) is 5.76 Å². The van der Waals surface area contributed by atoms with E-state index in [0.29, 0.717) is 5.92 Å². The molecule has 0 spiro atoms. The number of methoxy groups -OCH3 is 1. The van der Waals surface area contributed by atoms with E-state index in [1.54, 1.807) is 7.11 Å². The van der Waals surface area contributed by atoms with Crippen LogP contribution in [0, 0.1) is 0 Å². The summed E-state index contributed by atoms with van der Waals surface area (Å²) in [6.07, 6.45) is 6.57. The van der Waals surface area contributed by atoms with E-state index >= 15 is 0 Å². The summed E-state index contributed by atoms with van der Waals surface area (Å²) in [5.41, 5.74) is 0.899. The molecule has 2 heteroatoms. The SMILES string of the molecule is COc1cccc2cc(C3CCCCC3)oc12. The van der Waals surface area contributed by atoms with Gasteiger partial charge >= 0.3 is 0 Å². The van der Waals surface area contributed by atoms with Gasteiger partial charge in [0, 0.05) is 11.3 Å². The molecule has 0 aliphatic heterocycles. The van der Waals surface area contributed by atoms with Gasteiger partial charge in [-0.2, -0.15) is 0 Å². The lowest BCUT2D eigenvalue weighted by Crippen LogP contribution is -2.02. The Morgan fingerprint density at radius 1 is 1.18 bits per heavy atom. The van der Waals surface area contributed by atoms with Crippen molar-refractivity contribution in [3.8, 4) is 5.75 Å². The summed E-state index contributed by atoms with van der Waals surface area (Å²) >= 11 is 0. The lowest BCUT2D eigenvalue weighted by Gasteiger charge is -2.18. The molecule has 0 N–H and O–H groups in total. The van der Waals surface area contributed by atoms with E-state index < -0.39 is 0 Å². The first-order valence-electron chi connectivity index (χ1n) is 6.45. The molecule has 0 radical (unpaired) electrons. The molecule has 1 aliphatic carbocycles. The Kier molecular flexibility index (Phi) is 2.79. The highest BCUT2D eigenvalue weighted by atomic mass is 16.5. The first-order valence-corrected chi connectivity index (χ1v) is 6.45. The van der Waals surface area contributed by atoms with Crippen LogP contribution in [0.3, 0.4) is 0 Å². The molecular formula is C15H18O2. The van der Waals surface area contributed by atoms with Crippen LogP contribution in [0.15, 0.2) is 28.7 Å². The molecule has 2 aromatic rings. The number of para-hydroxylation sites is 1. The molecule has 1 heterocycles. The zero-order valence-electron chi connectivity index (χ0n) is 10.2. The number of ether oxygens (including phenoxy) is 1. The number of benzene rings is 1. The van der Waals surface area contributed by atoms with Crippen LogP contribution >= 0.6 is 0 Å². The molecule has 0 atom stereocenters. The minimum atomic E-state index is 0.612. The second-order valence-electron chi connectivity index (χ2n) is 4.86. The topological polar surface area (TPSA) is 22.4 Å². The Morgan fingerprint density at radius 2 is 2.00 bits per heavy atom. The smallest absolute Gasteiger partial charge is 0.176 e. The highest BCUT2D eigenvalue weighted by Crippen LogP contribution is 2.37. The highest BCUT2D eigenvalue weighted by Gasteiger charge is 2.20. The molecule has 0 unspecified atom stereocenters. The number of hydrogen-bond donors (Lipinski definition) is 0. The third-order valence-electron chi connectivity index (χ3n) is 3.75. The van der Waals surface area contributed by atoms with Gasteiger partial charge in [-0.15, -0.1) is 0 Å². The molecule has 0 bridgehead atoms. The standard InChI is InChI=1S/C15H18O2/c1-16-13-9-5-8-12-10-14(17-15(12)13)11-6-3-2-4-7-11/h5,8-11H,2-4,6-7H2,1H3. The fraction of sp³-hybridized carbons (Fsp3) is 0.467. The normalized spacial score (nSPS) is 17.5. The van der Waals surface area contributed by atoms with E-state index in [-0.39, 0.29) is 0 Å². The highest BCUT2D eigenvalue weighted by molar-refractivity contribution is 5.83. The fourth-order valence-corrected chi connectivity index (χ4v) is 2.81. The third kappa shape index (κ3) is 1.92. The molecule has 0 saturated heterocycles. The van der Waals surface area contributed by atoms with E-state index in [1.165, 1.54) is 32.1 Å². The van der Waals surface area contributed by atoms with E-state index in [9.17, 15) is 0 Å². The second-order valence-corrected chi connectivity index (χ2v) is 4.86. The van der Waals surface area contributed by atoms with Crippen molar-refractivity contribution in [1.29, 1.82) is 0 Å². The first kappa shape index (κ1) is 10.7. The maximum Gasteiger partial charge on any atom is 0.176 e. The minimum absolute atomic E-state index is 0.612. The van der Waals surface area contributed by atoms with Crippen molar-refractivity contribution in [2.75, 3.05) is 7.11 Å². The van der Waals surface area contributed by atoms with Gasteiger partial charge in [-0.1, -0.05) is 31.4 Å². The molecule has 3 rings (SSSR count). The number of furan rings is 1. The van der Waals surface area contributed by atoms with Crippen LogP contribution in [-0.2, 0) is 0 Å². The van der Waals surface area contributed by atoms with Gasteiger partial charge in [0.25, 0.3) is 0 Å². The Labute approximate surface area is 102 Å². The molecule has 1 aliphatic rings. The predicted molar refractivity (Wildman–Crippen MR) is 68.6 cm³/mol. The average Bonchev–Trinajstić information content (AvgIpc) is 2.83. The van der Waals surface area contributed by atoms with Crippen LogP contribution < -0.4 is 4.74 Å². The molecule has 0 amide bonds. The minimum Gasteiger partial charge on any atom is -0.493 e. The van der Waals surface area contributed by atoms with Crippen LogP contribution in [0.4, 0.5) is 0 Å². The van der Waals surface area contributed by atoms with E-state index in [0.717, 1.165) is 22.5 Å². The zero-order valence-corrected chi connectivity index (χ0v) is 10.2. The summed E-state index contributed by atoms with van der Waals surface area (Å²) in [5.74, 6) is 2.59. The largest absolute Gasteiger partial charge is 0.493 e. The van der Waals surface area contributed by atoms with E-state index in [4.69, 9.17) is 9.15 Å². The van der Waals surface area contributed by atoms with Gasteiger partial charge in [-0.05, 0) is 25.0 Å². The van der Waals surface area contributed by atoms with Gasteiger partial charge < -0.3 is 9.15 Å². The monoisotopic (exact) mass is 230 g/mol. The van der Waals surface area contributed by atoms with Gasteiger partial charge in [0.2, 0.25) is 0 Å². The Balaban J connectivity index is 2.00. The molecule has 17 heavy (non-hydrogen) atoms. The summed E-state index contributed by atoms with van der Waals surface area (Å²) in [4.78, 5) is 0. The van der Waals surface area contributed by atoms with Crippen molar-refractivity contribution in [3.63, 3.8) is 0 Å². The van der Waals surface area contributed by atoms with Gasteiger partial charge in [-0.25, -0.2) is 0 Å². The van der Waals surface area contributed by atoms with Crippen LogP contribution in [0.5, 0.6) is 5.75 Å². The van der Waals surface area contributed by atoms with Crippen molar-refractivity contribution >= 4 is 11.0 Å². The van der Waals surface area contributed by atoms with Gasteiger partial charge in [0.05, 0.1) is 7.11 Å². The lowest BCUT2D eigenvalue weighted by molar-refractivity contribution is 0.374. The molecule has 1 fully saturated rings. The molecular weight excluding hydrogens is 212 g/mol. The molecule has 1 aromatic carbocycles. The van der Waals surface area contributed by atoms with Crippen molar-refractivity contribution in [1.82, 2.24) is 0 Å². The number of rotatable bonds is 2. The maximum absolute atomic E-state index is 6.00. The second kappa shape index (κ2) is 4.44. The first-order chi connectivity index (χ1) is 8.38. The van der Waals surface area contributed by atoms with Crippen LogP contribution in [0.25, 0.3) is 11.0 Å². The van der Waals surface area contributed by atoms with Crippen molar-refractivity contribution in [3.05, 3.63) is 30.0 Å². The van der Waals surface area contributed by atoms with Crippen molar-refractivity contribution < 1.29 is 9.15 Å². The van der Waals surface area contributed by atoms with Crippen molar-refractivity contribution in [2.24, 2.45) is 0 Å². The number of fused-ring (bicyclic) bond motifs is 1. The molecule has 1 saturated carbocycles. The maximum atomic E-state index is 6.00. The van der Waals surface area contributed by atoms with E-state index in [2.05, 4.69) is 12.1 Å². The Morgan fingerprint density at radius 3 is 2.76 bits per heavy atom. The molecule has 1 aromatic heterocycles. The summed E-state index contributed by atoms with van der Waals surface area (Å²) in [6.45, 7) is 0. The Bertz CT molecular complexity index is 507. The zero-order chi connectivity index (χ0) is 11.7. The summed E-state index contributed by atoms with van der Waals surface area (Å²) in [6, 6.07) is 8.25. The van der Waals surface area contributed by atoms with Crippen LogP contribution in [0.1, 0.15) is 43.8 Å². The summed E-state index contributed by atoms with van der Waals surface area (Å²) in [5, 5.41) is 1.16. The van der Waals surface area contributed by atoms with Crippen LogP contribution in [0.2, 0.25) is 0 Å².